The van der Waals surface area contributed by atoms with Gasteiger partial charge >= 0.3 is 11.9 Å². The first kappa shape index (κ1) is 48.3. The van der Waals surface area contributed by atoms with E-state index in [-0.39, 0.29) is 56.6 Å². The predicted octanol–water partition coefficient (Wildman–Crippen LogP) is 4.58. The van der Waals surface area contributed by atoms with Gasteiger partial charge < -0.3 is 40.6 Å². The van der Waals surface area contributed by atoms with Crippen molar-refractivity contribution in [2.24, 2.45) is 17.3 Å². The molecule has 3 rings (SSSR count). The summed E-state index contributed by atoms with van der Waals surface area (Å²) in [5.74, 6) is -3.24. The number of cyclic esters (lactones) is 2. The summed E-state index contributed by atoms with van der Waals surface area (Å²) in [6.07, 6.45) is -0.610. The van der Waals surface area contributed by atoms with E-state index in [0.29, 0.717) is 28.4 Å². The number of alkyl halides is 1. The van der Waals surface area contributed by atoms with Gasteiger partial charge in [0.15, 0.2) is 6.10 Å². The molecule has 0 aromatic heterocycles. The molecule has 310 valence electrons. The number of benzene rings is 2. The normalized spacial score (nSPS) is 21.6. The van der Waals surface area contributed by atoms with E-state index in [4.69, 9.17) is 37.4 Å². The molecule has 2 aromatic carbocycles. The quantitative estimate of drug-likeness (QED) is 0.142. The Balaban J connectivity index is 0.0000108. The molecule has 0 saturated carbocycles. The summed E-state index contributed by atoms with van der Waals surface area (Å²) in [5, 5.41) is 22.0. The van der Waals surface area contributed by atoms with Gasteiger partial charge in [-0.2, -0.15) is 0 Å². The molecule has 56 heavy (non-hydrogen) atoms. The van der Waals surface area contributed by atoms with Crippen LogP contribution in [0.4, 0.5) is 0 Å². The molecule has 5 N–H and O–H groups in total. The highest BCUT2D eigenvalue weighted by Gasteiger charge is 2.38. The van der Waals surface area contributed by atoms with Crippen molar-refractivity contribution in [2.45, 2.75) is 90.2 Å². The van der Waals surface area contributed by atoms with Crippen LogP contribution in [0.5, 0.6) is 5.75 Å². The van der Waals surface area contributed by atoms with Crippen LogP contribution in [0, 0.1) is 17.3 Å². The Hall–Kier alpha value is -3.88. The Morgan fingerprint density at radius 2 is 1.71 bits per heavy atom. The first-order chi connectivity index (χ1) is 25.9. The molecule has 0 aliphatic carbocycles. The van der Waals surface area contributed by atoms with Gasteiger partial charge in [-0.1, -0.05) is 68.8 Å². The largest absolute Gasteiger partial charge is 0.495 e. The van der Waals surface area contributed by atoms with Gasteiger partial charge in [0.1, 0.15) is 17.9 Å². The van der Waals surface area contributed by atoms with Gasteiger partial charge in [0.05, 0.1) is 35.6 Å². The zero-order chi connectivity index (χ0) is 40.9. The van der Waals surface area contributed by atoms with Crippen molar-refractivity contribution in [2.75, 3.05) is 27.2 Å². The number of hydrogen-bond acceptors (Lipinski definition) is 10. The summed E-state index contributed by atoms with van der Waals surface area (Å²) in [6, 6.07) is 11.0. The molecule has 0 saturated heterocycles. The number of halogens is 3. The average molecular weight is 842 g/mol. The first-order valence-electron chi connectivity index (χ1n) is 18.3. The van der Waals surface area contributed by atoms with Gasteiger partial charge in [-0.05, 0) is 68.1 Å². The van der Waals surface area contributed by atoms with E-state index in [0.717, 1.165) is 5.56 Å². The smallest absolute Gasteiger partial charge is 0.347 e. The lowest BCUT2D eigenvalue weighted by atomic mass is 9.90. The maximum absolute atomic E-state index is 13.7. The van der Waals surface area contributed by atoms with Gasteiger partial charge in [-0.3, -0.25) is 19.2 Å². The molecule has 2 aromatic rings. The number of nitrogens with one attached hydrogen (secondary N) is 4. The van der Waals surface area contributed by atoms with Gasteiger partial charge in [0.2, 0.25) is 17.7 Å². The van der Waals surface area contributed by atoms with E-state index in [1.165, 1.54) is 19.3 Å². The second-order valence-corrected chi connectivity index (χ2v) is 15.7. The summed E-state index contributed by atoms with van der Waals surface area (Å²) < 4.78 is 17.0. The minimum atomic E-state index is -1.28. The molecule has 0 fully saturated rings. The van der Waals surface area contributed by atoms with E-state index < -0.39 is 64.8 Å². The highest BCUT2D eigenvalue weighted by atomic mass is 35.5. The molecule has 1 aliphatic heterocycles. The lowest BCUT2D eigenvalue weighted by Gasteiger charge is -2.32. The lowest BCUT2D eigenvalue weighted by Crippen LogP contribution is -2.51. The van der Waals surface area contributed by atoms with Crippen LogP contribution in [0.2, 0.25) is 5.02 Å². The predicted molar refractivity (Wildman–Crippen MR) is 217 cm³/mol. The molecular weight excluding hydrogens is 787 g/mol. The third-order valence-corrected chi connectivity index (χ3v) is 10.0. The number of carbonyl (C=O) groups is 5. The topological polar surface area (TPSA) is 181 Å². The minimum absolute atomic E-state index is 0. The van der Waals surface area contributed by atoms with Gasteiger partial charge in [0, 0.05) is 31.8 Å². The van der Waals surface area contributed by atoms with E-state index in [9.17, 15) is 29.1 Å². The van der Waals surface area contributed by atoms with Gasteiger partial charge in [0.25, 0.3) is 0 Å². The fraction of sp³-hybridized carbons (Fsp3) is 0.525. The third-order valence-electron chi connectivity index (χ3n) is 9.20. The Bertz CT molecular complexity index is 1670. The average Bonchev–Trinajstić information content (AvgIpc) is 3.14. The number of rotatable bonds is 13. The van der Waals surface area contributed by atoms with Crippen LogP contribution in [0.1, 0.15) is 69.5 Å². The third kappa shape index (κ3) is 14.6. The van der Waals surface area contributed by atoms with Crippen molar-refractivity contribution in [1.82, 2.24) is 21.3 Å². The van der Waals surface area contributed by atoms with Crippen molar-refractivity contribution >= 4 is 65.3 Å². The number of esters is 2. The molecule has 0 unspecified atom stereocenters. The molecule has 0 radical (unpaired) electrons. The van der Waals surface area contributed by atoms with Crippen LogP contribution < -0.4 is 26.0 Å². The molecule has 6 atom stereocenters. The van der Waals surface area contributed by atoms with E-state index in [2.05, 4.69) is 21.3 Å². The Labute approximate surface area is 345 Å². The van der Waals surface area contributed by atoms with E-state index in [1.54, 1.807) is 70.3 Å². The highest BCUT2D eigenvalue weighted by molar-refractivity contribution is 6.32. The summed E-state index contributed by atoms with van der Waals surface area (Å²) in [7, 11) is 3.17. The van der Waals surface area contributed by atoms with Crippen LogP contribution in [-0.4, -0.2) is 86.4 Å². The number of hydrogen-bond donors (Lipinski definition) is 5. The van der Waals surface area contributed by atoms with Crippen molar-refractivity contribution < 1.29 is 43.3 Å². The fourth-order valence-corrected chi connectivity index (χ4v) is 6.40. The number of methoxy groups -OCH3 is 1. The van der Waals surface area contributed by atoms with Gasteiger partial charge in [-0.25, -0.2) is 4.79 Å². The zero-order valence-electron chi connectivity index (χ0n) is 32.9. The van der Waals surface area contributed by atoms with Crippen LogP contribution in [-0.2, 0) is 46.4 Å². The fourth-order valence-electron chi connectivity index (χ4n) is 5.75. The zero-order valence-corrected chi connectivity index (χ0v) is 35.2. The summed E-state index contributed by atoms with van der Waals surface area (Å²) in [5.41, 5.74) is 0.798. The number of carbonyl (C=O) groups excluding carboxylic acids is 5. The van der Waals surface area contributed by atoms with Crippen molar-refractivity contribution in [3.63, 3.8) is 0 Å². The summed E-state index contributed by atoms with van der Waals surface area (Å²) in [6.45, 7) is 8.89. The number of likely N-dealkylation sites (N-methyl/N-ethyl adjacent to an activating group) is 1. The maximum Gasteiger partial charge on any atom is 0.347 e. The standard InChI is InChI=1S/C40H54Cl2N4O9.ClH/c1-23(2)17-32-38(51)54-30(24(3)36(49)35(42)27-14-11-25(12-15-27)20-44-34(48)21-43-6)9-8-10-33(47)46-29(19-26-13-16-31(53-7)28(41)18-26)37(50)45-22-40(4,5)39(52)55-32;/h8,10-16,18,23-24,29-30,32,35-36,43,49H,9,17,19-22H2,1-7H3,(H,44,48)(H,45,50)(H,46,47);1H/b10-8+;/t24-,29+,30-,32-,35-,36+;/m0./s1. The molecule has 3 amide bonds. The Morgan fingerprint density at radius 1 is 1.05 bits per heavy atom. The summed E-state index contributed by atoms with van der Waals surface area (Å²) in [4.78, 5) is 65.9. The number of aliphatic hydroxyl groups is 1. The molecule has 0 bridgehead atoms. The number of aliphatic hydroxyl groups excluding tert-OH is 1. The van der Waals surface area contributed by atoms with Crippen molar-refractivity contribution in [3.8, 4) is 5.75 Å². The van der Waals surface area contributed by atoms with Crippen LogP contribution >= 0.6 is 35.6 Å². The number of amides is 3. The molecule has 0 spiro atoms. The molecule has 16 heteroatoms. The second-order valence-electron chi connectivity index (χ2n) is 14.8. The monoisotopic (exact) mass is 840 g/mol. The van der Waals surface area contributed by atoms with Gasteiger partial charge in [-0.15, -0.1) is 24.0 Å². The summed E-state index contributed by atoms with van der Waals surface area (Å²) >= 11 is 13.1. The van der Waals surface area contributed by atoms with Crippen LogP contribution in [0.15, 0.2) is 54.6 Å². The van der Waals surface area contributed by atoms with Crippen LogP contribution in [0.25, 0.3) is 0 Å². The Morgan fingerprint density at radius 3 is 2.32 bits per heavy atom. The SMILES string of the molecule is CNCC(=O)NCc1ccc([C@H](Cl)[C@H](O)[C@@H](C)[C@@H]2C/C=C/C(=O)N[C@H](Cc3ccc(OC)c(Cl)c3)C(=O)NCC(C)(C)C(=O)O[C@@H](CC(C)C)C(=O)O2)cc1.Cl. The molecular formula is C40H55Cl3N4O9. The van der Waals surface area contributed by atoms with Crippen LogP contribution in [0.3, 0.4) is 0 Å². The van der Waals surface area contributed by atoms with E-state index in [1.807, 2.05) is 13.8 Å². The first-order valence-corrected chi connectivity index (χ1v) is 19.1. The minimum Gasteiger partial charge on any atom is -0.495 e. The highest BCUT2D eigenvalue weighted by Crippen LogP contribution is 2.33. The van der Waals surface area contributed by atoms with E-state index >= 15 is 0 Å². The lowest BCUT2D eigenvalue weighted by molar-refractivity contribution is -0.180. The Kier molecular flexibility index (Phi) is 19.6. The molecule has 13 nitrogen and oxygen atoms in total. The maximum atomic E-state index is 13.7. The van der Waals surface area contributed by atoms with Crippen molar-refractivity contribution in [3.05, 3.63) is 76.3 Å². The molecule has 1 heterocycles. The van der Waals surface area contributed by atoms with Crippen molar-refractivity contribution in [1.29, 1.82) is 0 Å². The second kappa shape index (κ2) is 22.8. The number of ether oxygens (including phenoxy) is 3. The molecule has 1 aliphatic rings.